The third kappa shape index (κ3) is 5.10. The molecule has 0 aromatic rings. The molecular weight excluding hydrogens is 216 g/mol. The zero-order chi connectivity index (χ0) is 12.7. The van der Waals surface area contributed by atoms with E-state index in [0.29, 0.717) is 12.4 Å². The van der Waals surface area contributed by atoms with Crippen LogP contribution in [0, 0.1) is 5.41 Å². The van der Waals surface area contributed by atoms with Crippen molar-refractivity contribution in [2.45, 2.75) is 25.9 Å². The van der Waals surface area contributed by atoms with E-state index >= 15 is 0 Å². The second kappa shape index (κ2) is 7.19. The lowest BCUT2D eigenvalue weighted by molar-refractivity contribution is 0.127. The Morgan fingerprint density at radius 3 is 3.00 bits per heavy atom. The van der Waals surface area contributed by atoms with Crippen LogP contribution in [0.3, 0.4) is 0 Å². The lowest BCUT2D eigenvalue weighted by atomic mass is 10.3. The standard InChI is InChI=1S/C12H22N4O/c1-3-12(13)16-9-5-8-15(10-11(2)17)7-4-6-14-16/h3,6,11,13,17H,1,4-5,7-10H2,2H3/b13-12?,14-6-. The molecule has 17 heavy (non-hydrogen) atoms. The van der Waals surface area contributed by atoms with Gasteiger partial charge in [0.15, 0.2) is 0 Å². The Morgan fingerprint density at radius 1 is 1.59 bits per heavy atom. The SMILES string of the molecule is C=CC(=N)N1CCCN(CC(C)O)CC/C=N\1. The fourth-order valence-electron chi connectivity index (χ4n) is 1.85. The highest BCUT2D eigenvalue weighted by Crippen LogP contribution is 2.03. The van der Waals surface area contributed by atoms with Gasteiger partial charge in [0.2, 0.25) is 0 Å². The van der Waals surface area contributed by atoms with Gasteiger partial charge in [0, 0.05) is 32.4 Å². The monoisotopic (exact) mass is 238 g/mol. The number of aliphatic hydroxyl groups is 1. The number of aliphatic hydroxyl groups excluding tert-OH is 1. The average molecular weight is 238 g/mol. The van der Waals surface area contributed by atoms with Crippen LogP contribution in [0.15, 0.2) is 17.8 Å². The van der Waals surface area contributed by atoms with Gasteiger partial charge in [-0.15, -0.1) is 0 Å². The van der Waals surface area contributed by atoms with E-state index in [1.807, 2.05) is 6.21 Å². The molecule has 1 aliphatic heterocycles. The van der Waals surface area contributed by atoms with Crippen LogP contribution in [0.5, 0.6) is 0 Å². The highest BCUT2D eigenvalue weighted by molar-refractivity contribution is 5.89. The molecule has 5 nitrogen and oxygen atoms in total. The number of nitrogens with one attached hydrogen (secondary N) is 1. The summed E-state index contributed by atoms with van der Waals surface area (Å²) in [6, 6.07) is 0. The number of hydrazone groups is 1. The van der Waals surface area contributed by atoms with Gasteiger partial charge in [-0.2, -0.15) is 5.10 Å². The van der Waals surface area contributed by atoms with Crippen LogP contribution in [0.4, 0.5) is 0 Å². The molecule has 0 amide bonds. The smallest absolute Gasteiger partial charge is 0.140 e. The quantitative estimate of drug-likeness (QED) is 0.567. The highest BCUT2D eigenvalue weighted by Gasteiger charge is 2.11. The molecule has 0 aromatic heterocycles. The van der Waals surface area contributed by atoms with Gasteiger partial charge < -0.3 is 10.0 Å². The fraction of sp³-hybridized carbons (Fsp3) is 0.667. The first kappa shape index (κ1) is 13.9. The Bertz CT molecular complexity index is 288. The van der Waals surface area contributed by atoms with Crippen LogP contribution in [-0.2, 0) is 0 Å². The highest BCUT2D eigenvalue weighted by atomic mass is 16.3. The summed E-state index contributed by atoms with van der Waals surface area (Å²) in [4.78, 5) is 2.23. The summed E-state index contributed by atoms with van der Waals surface area (Å²) in [5.74, 6) is 0.338. The molecule has 0 fully saturated rings. The molecule has 1 aliphatic rings. The summed E-state index contributed by atoms with van der Waals surface area (Å²) < 4.78 is 0. The lowest BCUT2D eigenvalue weighted by Gasteiger charge is -2.23. The molecule has 1 atom stereocenters. The Morgan fingerprint density at radius 2 is 2.35 bits per heavy atom. The number of rotatable bonds is 3. The number of amidine groups is 1. The van der Waals surface area contributed by atoms with E-state index in [-0.39, 0.29) is 6.10 Å². The van der Waals surface area contributed by atoms with E-state index in [2.05, 4.69) is 16.6 Å². The minimum Gasteiger partial charge on any atom is -0.392 e. The van der Waals surface area contributed by atoms with Crippen molar-refractivity contribution in [3.05, 3.63) is 12.7 Å². The van der Waals surface area contributed by atoms with E-state index in [4.69, 9.17) is 5.41 Å². The van der Waals surface area contributed by atoms with Crippen molar-refractivity contribution in [3.63, 3.8) is 0 Å². The number of nitrogens with zero attached hydrogens (tertiary/aromatic N) is 3. The fourth-order valence-corrected chi connectivity index (χ4v) is 1.85. The molecule has 5 heteroatoms. The van der Waals surface area contributed by atoms with Gasteiger partial charge in [-0.1, -0.05) is 6.58 Å². The van der Waals surface area contributed by atoms with Crippen molar-refractivity contribution in [1.82, 2.24) is 9.91 Å². The second-order valence-corrected chi connectivity index (χ2v) is 4.30. The first-order valence-corrected chi connectivity index (χ1v) is 6.05. The molecule has 2 N–H and O–H groups in total. The Balaban J connectivity index is 2.51. The van der Waals surface area contributed by atoms with Crippen LogP contribution in [-0.4, -0.2) is 59.3 Å². The van der Waals surface area contributed by atoms with Gasteiger partial charge in [-0.25, -0.2) is 5.01 Å². The van der Waals surface area contributed by atoms with E-state index in [1.165, 1.54) is 6.08 Å². The van der Waals surface area contributed by atoms with Gasteiger partial charge >= 0.3 is 0 Å². The van der Waals surface area contributed by atoms with Crippen molar-refractivity contribution in [3.8, 4) is 0 Å². The first-order chi connectivity index (χ1) is 8.13. The summed E-state index contributed by atoms with van der Waals surface area (Å²) in [6.45, 7) is 8.64. The lowest BCUT2D eigenvalue weighted by Crippen LogP contribution is -2.34. The van der Waals surface area contributed by atoms with Crippen LogP contribution >= 0.6 is 0 Å². The number of hydrogen-bond acceptors (Lipinski definition) is 4. The average Bonchev–Trinajstić information content (AvgIpc) is 2.39. The maximum absolute atomic E-state index is 9.38. The Hall–Kier alpha value is -1.20. The van der Waals surface area contributed by atoms with Crippen molar-refractivity contribution in [2.24, 2.45) is 5.10 Å². The van der Waals surface area contributed by atoms with Crippen LogP contribution in [0.2, 0.25) is 0 Å². The summed E-state index contributed by atoms with van der Waals surface area (Å²) >= 11 is 0. The van der Waals surface area contributed by atoms with Gasteiger partial charge in [0.1, 0.15) is 5.84 Å². The first-order valence-electron chi connectivity index (χ1n) is 6.05. The van der Waals surface area contributed by atoms with Gasteiger partial charge in [-0.05, 0) is 25.8 Å². The van der Waals surface area contributed by atoms with Gasteiger partial charge in [-0.3, -0.25) is 5.41 Å². The van der Waals surface area contributed by atoms with E-state index in [0.717, 1.165) is 32.5 Å². The minimum atomic E-state index is -0.296. The zero-order valence-corrected chi connectivity index (χ0v) is 10.5. The molecule has 1 heterocycles. The van der Waals surface area contributed by atoms with E-state index in [1.54, 1.807) is 11.9 Å². The van der Waals surface area contributed by atoms with Crippen molar-refractivity contribution < 1.29 is 5.11 Å². The second-order valence-electron chi connectivity index (χ2n) is 4.30. The Kier molecular flexibility index (Phi) is 5.86. The maximum Gasteiger partial charge on any atom is 0.140 e. The molecule has 0 aliphatic carbocycles. The predicted molar refractivity (Wildman–Crippen MR) is 70.5 cm³/mol. The Labute approximate surface area is 103 Å². The largest absolute Gasteiger partial charge is 0.392 e. The molecule has 1 unspecified atom stereocenters. The maximum atomic E-state index is 9.38. The molecule has 0 saturated carbocycles. The molecule has 0 spiro atoms. The molecule has 0 aromatic carbocycles. The van der Waals surface area contributed by atoms with E-state index in [9.17, 15) is 5.11 Å². The molecule has 0 bridgehead atoms. The molecule has 0 radical (unpaired) electrons. The zero-order valence-electron chi connectivity index (χ0n) is 10.5. The summed E-state index contributed by atoms with van der Waals surface area (Å²) in [5.41, 5.74) is 0. The van der Waals surface area contributed by atoms with Crippen molar-refractivity contribution >= 4 is 12.1 Å². The van der Waals surface area contributed by atoms with Crippen molar-refractivity contribution in [1.29, 1.82) is 5.41 Å². The summed E-state index contributed by atoms with van der Waals surface area (Å²) in [6.07, 6.45) is 4.81. The molecular formula is C12H22N4O. The third-order valence-corrected chi connectivity index (χ3v) is 2.63. The molecule has 0 saturated heterocycles. The topological polar surface area (TPSA) is 62.9 Å². The third-order valence-electron chi connectivity index (χ3n) is 2.63. The van der Waals surface area contributed by atoms with Crippen molar-refractivity contribution in [2.75, 3.05) is 26.2 Å². The number of β-amino-alcohol motifs (C(OH)–C–C–N with tert-alkyl or cyclic N) is 1. The summed E-state index contributed by atoms with van der Waals surface area (Å²) in [7, 11) is 0. The van der Waals surface area contributed by atoms with Gasteiger partial charge in [0.25, 0.3) is 0 Å². The number of hydrogen-bond donors (Lipinski definition) is 2. The predicted octanol–water partition coefficient (Wildman–Crippen LogP) is 0.914. The van der Waals surface area contributed by atoms with Gasteiger partial charge in [0.05, 0.1) is 6.10 Å². The van der Waals surface area contributed by atoms with E-state index < -0.39 is 0 Å². The van der Waals surface area contributed by atoms with Crippen LogP contribution in [0.25, 0.3) is 0 Å². The summed E-state index contributed by atoms with van der Waals surface area (Å²) in [5, 5.41) is 23.0. The minimum absolute atomic E-state index is 0.296. The van der Waals surface area contributed by atoms with Crippen LogP contribution < -0.4 is 0 Å². The normalized spacial score (nSPS) is 22.1. The molecule has 96 valence electrons. The van der Waals surface area contributed by atoms with Crippen LogP contribution in [0.1, 0.15) is 19.8 Å². The molecule has 1 rings (SSSR count).